The summed E-state index contributed by atoms with van der Waals surface area (Å²) in [5.41, 5.74) is 10.6. The van der Waals surface area contributed by atoms with Gasteiger partial charge in [0.25, 0.3) is 5.71 Å². The maximum absolute atomic E-state index is 12.9. The molecule has 0 aliphatic heterocycles. The molecule has 0 atom stereocenters. The van der Waals surface area contributed by atoms with Crippen molar-refractivity contribution in [2.24, 2.45) is 0 Å². The van der Waals surface area contributed by atoms with E-state index in [2.05, 4.69) is 18.6 Å². The average Bonchev–Trinajstić information content (AvgIpc) is 2.77. The smallest absolute Gasteiger partial charge is 0.295 e. The number of amides is 1. The summed E-state index contributed by atoms with van der Waals surface area (Å²) in [6, 6.07) is 0. The number of carbonyl (C=O) groups excluding carboxylic acids is 1. The molecular weight excluding hydrogens is 370 g/mol. The fourth-order valence-corrected chi connectivity index (χ4v) is 3.97. The van der Waals surface area contributed by atoms with Crippen LogP contribution in [0.15, 0.2) is 23.9 Å². The van der Waals surface area contributed by atoms with E-state index in [1.807, 2.05) is 23.1 Å². The van der Waals surface area contributed by atoms with Gasteiger partial charge in [0.2, 0.25) is 5.91 Å². The van der Waals surface area contributed by atoms with Crippen LogP contribution in [0, 0.1) is 0 Å². The highest BCUT2D eigenvalue weighted by atomic mass is 16.2. The third-order valence-electron chi connectivity index (χ3n) is 5.94. The number of unbranched alkanes of at least 4 members (excludes halogenated alkanes) is 13. The van der Waals surface area contributed by atoms with E-state index >= 15 is 0 Å². The molecule has 0 fully saturated rings. The summed E-state index contributed by atoms with van der Waals surface area (Å²) in [7, 11) is 0. The molecule has 170 valence electrons. The molecule has 0 saturated heterocycles. The lowest BCUT2D eigenvalue weighted by Crippen LogP contribution is -2.31. The Labute approximate surface area is 185 Å². The predicted molar refractivity (Wildman–Crippen MR) is 127 cm³/mol. The van der Waals surface area contributed by atoms with Crippen LogP contribution >= 0.6 is 0 Å². The number of nitrogens with zero attached hydrogens (tertiary/aromatic N) is 3. The minimum absolute atomic E-state index is 0.242. The zero-order valence-corrected chi connectivity index (χ0v) is 19.7. The van der Waals surface area contributed by atoms with Crippen molar-refractivity contribution in [2.45, 2.75) is 123 Å². The predicted octanol–water partition coefficient (Wildman–Crippen LogP) is 7.61. The molecule has 0 bridgehead atoms. The molecule has 1 aliphatic carbocycles. The molecule has 1 aliphatic rings. The van der Waals surface area contributed by atoms with Gasteiger partial charge < -0.3 is 10.4 Å². The first-order valence-electron chi connectivity index (χ1n) is 12.6. The Hall–Kier alpha value is -1.67. The van der Waals surface area contributed by atoms with E-state index in [1.165, 1.54) is 77.0 Å². The minimum Gasteiger partial charge on any atom is -0.361 e. The van der Waals surface area contributed by atoms with Crippen LogP contribution < -0.4 is 0 Å². The molecule has 1 amide bonds. The number of hydrogen-bond acceptors (Lipinski definition) is 1. The highest BCUT2D eigenvalue weighted by Gasteiger charge is 2.19. The Bertz CT molecular complexity index is 573. The van der Waals surface area contributed by atoms with Gasteiger partial charge in [-0.2, -0.15) is 4.79 Å². The van der Waals surface area contributed by atoms with Crippen molar-refractivity contribution in [1.82, 2.24) is 4.90 Å². The standard InChI is InChI=1S/C26H45N3O/c1-3-5-7-9-11-12-13-14-16-18-26(30)29(23-17-15-10-8-6-4-2)25-21-19-24(28-27)20-22-25/h19,21-22H,3-18,20,23H2,1-2H3. The van der Waals surface area contributed by atoms with Crippen LogP contribution in [0.5, 0.6) is 0 Å². The number of allylic oxidation sites excluding steroid dienone is 3. The van der Waals surface area contributed by atoms with Gasteiger partial charge in [-0.05, 0) is 25.0 Å². The fourth-order valence-electron chi connectivity index (χ4n) is 3.97. The Kier molecular flexibility index (Phi) is 15.9. The molecule has 0 heterocycles. The van der Waals surface area contributed by atoms with Gasteiger partial charge in [-0.25, -0.2) is 0 Å². The van der Waals surface area contributed by atoms with Crippen LogP contribution in [0.3, 0.4) is 0 Å². The van der Waals surface area contributed by atoms with Crippen molar-refractivity contribution in [3.05, 3.63) is 29.5 Å². The summed E-state index contributed by atoms with van der Waals surface area (Å²) in [6.45, 7) is 5.29. The van der Waals surface area contributed by atoms with Gasteiger partial charge in [0.15, 0.2) is 0 Å². The number of carbonyl (C=O) groups is 1. The molecule has 0 N–H and O–H groups in total. The second-order valence-corrected chi connectivity index (χ2v) is 8.65. The summed E-state index contributed by atoms with van der Waals surface area (Å²) in [6.07, 6.45) is 25.7. The van der Waals surface area contributed by atoms with Crippen LogP contribution in [0.1, 0.15) is 123 Å². The molecule has 4 heteroatoms. The van der Waals surface area contributed by atoms with Crippen molar-refractivity contribution in [1.29, 1.82) is 0 Å². The summed E-state index contributed by atoms with van der Waals surface area (Å²) in [4.78, 5) is 18.2. The summed E-state index contributed by atoms with van der Waals surface area (Å²) in [5.74, 6) is 0.242. The third kappa shape index (κ3) is 12.1. The molecule has 0 unspecified atom stereocenters. The van der Waals surface area contributed by atoms with E-state index in [9.17, 15) is 4.79 Å². The van der Waals surface area contributed by atoms with E-state index in [0.29, 0.717) is 18.6 Å². The van der Waals surface area contributed by atoms with E-state index in [0.717, 1.165) is 31.5 Å². The molecule has 0 spiro atoms. The zero-order valence-electron chi connectivity index (χ0n) is 19.7. The molecule has 30 heavy (non-hydrogen) atoms. The Morgan fingerprint density at radius 2 is 1.37 bits per heavy atom. The molecule has 0 aromatic heterocycles. The second kappa shape index (κ2) is 18.1. The monoisotopic (exact) mass is 415 g/mol. The molecule has 0 aromatic rings. The second-order valence-electron chi connectivity index (χ2n) is 8.65. The van der Waals surface area contributed by atoms with Gasteiger partial charge in [0.1, 0.15) is 0 Å². The van der Waals surface area contributed by atoms with Crippen LogP contribution in [-0.2, 0) is 4.79 Å². The summed E-state index contributed by atoms with van der Waals surface area (Å²) >= 11 is 0. The van der Waals surface area contributed by atoms with E-state index in [-0.39, 0.29) is 5.91 Å². The maximum Gasteiger partial charge on any atom is 0.295 e. The Morgan fingerprint density at radius 3 is 1.87 bits per heavy atom. The molecule has 0 aromatic carbocycles. The van der Waals surface area contributed by atoms with Crippen molar-refractivity contribution < 1.29 is 9.58 Å². The fraction of sp³-hybridized carbons (Fsp3) is 0.769. The number of rotatable bonds is 18. The average molecular weight is 416 g/mol. The van der Waals surface area contributed by atoms with E-state index < -0.39 is 0 Å². The van der Waals surface area contributed by atoms with Gasteiger partial charge in [0, 0.05) is 24.7 Å². The van der Waals surface area contributed by atoms with Gasteiger partial charge in [0.05, 0.1) is 6.42 Å². The first kappa shape index (κ1) is 26.4. The maximum atomic E-state index is 12.9. The zero-order chi connectivity index (χ0) is 21.9. The summed E-state index contributed by atoms with van der Waals surface area (Å²) in [5, 5.41) is 0. The normalized spacial score (nSPS) is 13.3. The molecule has 0 saturated carbocycles. The molecule has 4 nitrogen and oxygen atoms in total. The highest BCUT2D eigenvalue weighted by molar-refractivity contribution is 5.93. The minimum atomic E-state index is 0.242. The van der Waals surface area contributed by atoms with Gasteiger partial charge in [-0.3, -0.25) is 4.79 Å². The van der Waals surface area contributed by atoms with E-state index in [1.54, 1.807) is 0 Å². The quantitative estimate of drug-likeness (QED) is 0.129. The Morgan fingerprint density at radius 1 is 0.833 bits per heavy atom. The van der Waals surface area contributed by atoms with Crippen molar-refractivity contribution in [2.75, 3.05) is 6.54 Å². The lowest BCUT2D eigenvalue weighted by molar-refractivity contribution is -0.129. The van der Waals surface area contributed by atoms with Gasteiger partial charge in [-0.1, -0.05) is 97.3 Å². The van der Waals surface area contributed by atoms with Gasteiger partial charge in [-0.15, -0.1) is 0 Å². The molecule has 0 radical (unpaired) electrons. The largest absolute Gasteiger partial charge is 0.361 e. The highest BCUT2D eigenvalue weighted by Crippen LogP contribution is 2.18. The van der Waals surface area contributed by atoms with Crippen LogP contribution in [-0.4, -0.2) is 27.9 Å². The van der Waals surface area contributed by atoms with Crippen molar-refractivity contribution >= 4 is 11.6 Å². The van der Waals surface area contributed by atoms with Crippen LogP contribution in [0.2, 0.25) is 0 Å². The molecule has 1 rings (SSSR count). The molecular formula is C26H45N3O. The topological polar surface area (TPSA) is 56.7 Å². The first-order chi connectivity index (χ1) is 14.7. The lowest BCUT2D eigenvalue weighted by Gasteiger charge is -2.25. The van der Waals surface area contributed by atoms with Gasteiger partial charge >= 0.3 is 0 Å². The first-order valence-corrected chi connectivity index (χ1v) is 12.6. The van der Waals surface area contributed by atoms with Crippen molar-refractivity contribution in [3.63, 3.8) is 0 Å². The van der Waals surface area contributed by atoms with Crippen molar-refractivity contribution in [3.8, 4) is 0 Å². The van der Waals surface area contributed by atoms with E-state index in [4.69, 9.17) is 5.53 Å². The SMILES string of the molecule is CCCCCCCCCCCC(=O)N(CCCCCCCC)C1=CCC(=[N+]=[N-])C=C1. The van der Waals surface area contributed by atoms with Crippen LogP contribution in [0.25, 0.3) is 5.53 Å². The third-order valence-corrected chi connectivity index (χ3v) is 5.94. The number of hydrogen-bond donors (Lipinski definition) is 0. The van der Waals surface area contributed by atoms with Crippen LogP contribution in [0.4, 0.5) is 0 Å². The Balaban J connectivity index is 2.38. The lowest BCUT2D eigenvalue weighted by atomic mass is 10.1. The summed E-state index contributed by atoms with van der Waals surface area (Å²) < 4.78 is 0.